The number of carbonyl (C=O) groups excluding carboxylic acids is 1. The second kappa shape index (κ2) is 16.8. The zero-order valence-electron chi connectivity index (χ0n) is 25.7. The van der Waals surface area contributed by atoms with Gasteiger partial charge in [-0.2, -0.15) is 0 Å². The third-order valence-corrected chi connectivity index (χ3v) is 9.49. The quantitative estimate of drug-likeness (QED) is 0.0922. The Balaban J connectivity index is 1.52. The zero-order chi connectivity index (χ0) is 35.3. The zero-order valence-corrected chi connectivity index (χ0v) is 26.6. The lowest BCUT2D eigenvalue weighted by Gasteiger charge is -2.50. The maximum Gasteiger partial charge on any atom is 0.364 e. The number of rotatable bonds is 13. The minimum absolute atomic E-state index is 0.346. The largest absolute Gasteiger partial charge is 0.477 e. The minimum Gasteiger partial charge on any atom is -0.477 e. The summed E-state index contributed by atoms with van der Waals surface area (Å²) in [6.45, 7) is -1.11. The Bertz CT molecular complexity index is 1200. The van der Waals surface area contributed by atoms with Crippen molar-refractivity contribution in [3.05, 3.63) is 30.3 Å². The first kappa shape index (κ1) is 38.7. The summed E-state index contributed by atoms with van der Waals surface area (Å²) in [6.07, 6.45) is -21.7. The molecule has 1 amide bonds. The standard InChI is InChI=1S/C29H43NO17S/c1-12(34)30-18-15(36)9-29(28(41)42,46-23(18)14(35)7-8-31)47-25-17(11-33)43-26(21(39)19(25)37)45-24-16(10-32)44-27(22(40)20(24)38)48-13-5-3-2-4-6-13/h2-6,14-27,31-33,35-40H,7-11H2,1H3,(H,30,34)(H,41,42)/t14-,15+,16-,17-,18-,19-,20-,21-,22-,23+,24-,25+,26+,27+,29+/m1/s1. The molecule has 0 radical (unpaired) electrons. The van der Waals surface area contributed by atoms with Crippen molar-refractivity contribution in [3.63, 3.8) is 0 Å². The van der Waals surface area contributed by atoms with Gasteiger partial charge >= 0.3 is 5.97 Å². The summed E-state index contributed by atoms with van der Waals surface area (Å²) in [5.41, 5.74) is -1.03. The van der Waals surface area contributed by atoms with Crippen molar-refractivity contribution in [2.75, 3.05) is 19.8 Å². The van der Waals surface area contributed by atoms with Crippen LogP contribution in [-0.4, -0.2) is 173 Å². The molecule has 272 valence electrons. The number of hydrogen-bond donors (Lipinski definition) is 11. The minimum atomic E-state index is -2.84. The molecule has 11 N–H and O–H groups in total. The van der Waals surface area contributed by atoms with E-state index in [9.17, 15) is 60.7 Å². The van der Waals surface area contributed by atoms with Gasteiger partial charge in [0.1, 0.15) is 60.4 Å². The molecule has 1 aromatic rings. The number of hydrogen-bond acceptors (Lipinski definition) is 17. The summed E-state index contributed by atoms with van der Waals surface area (Å²) in [5, 5.41) is 107. The Kier molecular flexibility index (Phi) is 13.5. The molecule has 1 aromatic carbocycles. The van der Waals surface area contributed by atoms with Crippen LogP contribution >= 0.6 is 11.8 Å². The highest BCUT2D eigenvalue weighted by Gasteiger charge is 2.59. The molecule has 0 bridgehead atoms. The van der Waals surface area contributed by atoms with Crippen molar-refractivity contribution in [2.45, 2.75) is 115 Å². The number of benzene rings is 1. The van der Waals surface area contributed by atoms with Gasteiger partial charge in [-0.15, -0.1) is 0 Å². The normalized spacial score (nSPS) is 41.0. The molecule has 3 saturated heterocycles. The Morgan fingerprint density at radius 3 is 2.17 bits per heavy atom. The topological polar surface area (TPSA) is 295 Å². The van der Waals surface area contributed by atoms with Crippen LogP contribution in [0.25, 0.3) is 0 Å². The van der Waals surface area contributed by atoms with Gasteiger partial charge in [0.2, 0.25) is 5.91 Å². The Hall–Kier alpha value is -2.05. The number of carbonyl (C=O) groups is 2. The summed E-state index contributed by atoms with van der Waals surface area (Å²) in [5.74, 6) is -5.32. The number of aliphatic carboxylic acids is 1. The molecule has 0 saturated carbocycles. The van der Waals surface area contributed by atoms with E-state index in [-0.39, 0.29) is 6.42 Å². The molecular formula is C29H43NO17S. The fourth-order valence-electron chi connectivity index (χ4n) is 5.89. The number of carboxylic acids is 1. The molecule has 18 nitrogen and oxygen atoms in total. The molecule has 0 unspecified atom stereocenters. The molecule has 0 spiro atoms. The molecule has 4 rings (SSSR count). The third-order valence-electron chi connectivity index (χ3n) is 8.33. The summed E-state index contributed by atoms with van der Waals surface area (Å²) in [7, 11) is 0. The predicted molar refractivity (Wildman–Crippen MR) is 159 cm³/mol. The molecule has 3 heterocycles. The van der Waals surface area contributed by atoms with Crippen molar-refractivity contribution >= 4 is 23.6 Å². The van der Waals surface area contributed by atoms with Crippen LogP contribution in [0.1, 0.15) is 19.8 Å². The third kappa shape index (κ3) is 8.45. The first-order chi connectivity index (χ1) is 22.8. The van der Waals surface area contributed by atoms with E-state index >= 15 is 0 Å². The van der Waals surface area contributed by atoms with E-state index in [2.05, 4.69) is 5.32 Å². The molecule has 15 atom stereocenters. The first-order valence-electron chi connectivity index (χ1n) is 15.2. The lowest BCUT2D eigenvalue weighted by Crippen LogP contribution is -2.70. The number of ether oxygens (including phenoxy) is 5. The van der Waals surface area contributed by atoms with E-state index in [1.165, 1.54) is 0 Å². The Morgan fingerprint density at radius 1 is 0.958 bits per heavy atom. The number of aliphatic hydroxyl groups is 9. The molecular weight excluding hydrogens is 666 g/mol. The second-order valence-electron chi connectivity index (χ2n) is 11.7. The maximum atomic E-state index is 12.6. The number of thioether (sulfide) groups is 1. The number of carboxylic acid groups (broad SMARTS) is 1. The van der Waals surface area contributed by atoms with Gasteiger partial charge in [-0.1, -0.05) is 30.0 Å². The highest BCUT2D eigenvalue weighted by atomic mass is 32.2. The molecule has 0 aliphatic carbocycles. The fraction of sp³-hybridized carbons (Fsp3) is 0.724. The van der Waals surface area contributed by atoms with E-state index in [1.807, 2.05) is 0 Å². The van der Waals surface area contributed by atoms with Crippen LogP contribution in [0.5, 0.6) is 0 Å². The summed E-state index contributed by atoms with van der Waals surface area (Å²) in [4.78, 5) is 25.1. The van der Waals surface area contributed by atoms with Gasteiger partial charge in [-0.3, -0.25) is 4.79 Å². The first-order valence-corrected chi connectivity index (χ1v) is 16.1. The fourth-order valence-corrected chi connectivity index (χ4v) is 6.97. The lowest BCUT2D eigenvalue weighted by atomic mass is 9.88. The average Bonchev–Trinajstić information content (AvgIpc) is 3.05. The SMILES string of the molecule is CC(=O)N[C@H]1[C@H]([C@H](O)CCO)O[C@@](O[C@@H]2[C@H](O)[C@@H](O)[C@H](O[C@H]3[C@H](O)[C@@H](O)[C@H](Sc4ccccc4)O[C@@H]3CO)O[C@@H]2CO)(C(=O)O)C[C@@H]1O. The van der Waals surface area contributed by atoms with Gasteiger partial charge < -0.3 is 80.1 Å². The van der Waals surface area contributed by atoms with E-state index in [0.717, 1.165) is 18.7 Å². The number of amides is 1. The Morgan fingerprint density at radius 2 is 1.58 bits per heavy atom. The van der Waals surface area contributed by atoms with Gasteiger partial charge in [0, 0.05) is 24.8 Å². The number of nitrogens with one attached hydrogen (secondary N) is 1. The second-order valence-corrected chi connectivity index (χ2v) is 12.9. The van der Waals surface area contributed by atoms with Crippen molar-refractivity contribution < 1.29 is 84.3 Å². The van der Waals surface area contributed by atoms with Crippen molar-refractivity contribution in [1.29, 1.82) is 0 Å². The van der Waals surface area contributed by atoms with Crippen LogP contribution in [0.2, 0.25) is 0 Å². The van der Waals surface area contributed by atoms with E-state index < -0.39 is 129 Å². The van der Waals surface area contributed by atoms with Crippen LogP contribution in [0.15, 0.2) is 35.2 Å². The van der Waals surface area contributed by atoms with Crippen molar-refractivity contribution in [2.24, 2.45) is 0 Å². The summed E-state index contributed by atoms with van der Waals surface area (Å²) < 4.78 is 28.4. The van der Waals surface area contributed by atoms with Crippen LogP contribution in [0.3, 0.4) is 0 Å². The summed E-state index contributed by atoms with van der Waals surface area (Å²) >= 11 is 1.08. The van der Waals surface area contributed by atoms with E-state index in [0.29, 0.717) is 4.90 Å². The summed E-state index contributed by atoms with van der Waals surface area (Å²) in [6, 6.07) is 7.46. The highest BCUT2D eigenvalue weighted by Crippen LogP contribution is 2.39. The van der Waals surface area contributed by atoms with Crippen LogP contribution in [-0.2, 0) is 33.3 Å². The highest BCUT2D eigenvalue weighted by molar-refractivity contribution is 7.99. The van der Waals surface area contributed by atoms with Crippen LogP contribution in [0.4, 0.5) is 0 Å². The Labute approximate surface area is 278 Å². The molecule has 0 aromatic heterocycles. The molecule has 19 heteroatoms. The van der Waals surface area contributed by atoms with E-state index in [1.54, 1.807) is 30.3 Å². The number of aliphatic hydroxyl groups excluding tert-OH is 9. The van der Waals surface area contributed by atoms with Crippen LogP contribution in [0, 0.1) is 0 Å². The van der Waals surface area contributed by atoms with Crippen molar-refractivity contribution in [3.8, 4) is 0 Å². The van der Waals surface area contributed by atoms with Crippen molar-refractivity contribution in [1.82, 2.24) is 5.32 Å². The average molecular weight is 710 g/mol. The lowest BCUT2D eigenvalue weighted by molar-refractivity contribution is -0.378. The van der Waals surface area contributed by atoms with Crippen LogP contribution < -0.4 is 5.32 Å². The predicted octanol–water partition coefficient (Wildman–Crippen LogP) is -4.39. The van der Waals surface area contributed by atoms with Gasteiger partial charge in [0.25, 0.3) is 5.79 Å². The molecule has 48 heavy (non-hydrogen) atoms. The van der Waals surface area contributed by atoms with E-state index in [4.69, 9.17) is 23.7 Å². The van der Waals surface area contributed by atoms with Gasteiger partial charge in [-0.25, -0.2) is 4.79 Å². The smallest absolute Gasteiger partial charge is 0.364 e. The molecule has 3 aliphatic rings. The molecule has 3 aliphatic heterocycles. The maximum absolute atomic E-state index is 12.6. The monoisotopic (exact) mass is 709 g/mol. The van der Waals surface area contributed by atoms with Gasteiger partial charge in [0.05, 0.1) is 31.5 Å². The molecule has 3 fully saturated rings. The van der Waals surface area contributed by atoms with Gasteiger partial charge in [-0.05, 0) is 18.6 Å². The van der Waals surface area contributed by atoms with Gasteiger partial charge in [0.15, 0.2) is 6.29 Å².